The molecule has 1 aliphatic carbocycles. The van der Waals surface area contributed by atoms with Crippen molar-refractivity contribution < 1.29 is 0 Å². The van der Waals surface area contributed by atoms with Gasteiger partial charge < -0.3 is 4.90 Å². The van der Waals surface area contributed by atoms with Crippen LogP contribution in [0.2, 0.25) is 0 Å². The molecule has 0 aromatic heterocycles. The molecule has 0 bridgehead atoms. The zero-order valence-corrected chi connectivity index (χ0v) is 11.1. The summed E-state index contributed by atoms with van der Waals surface area (Å²) in [6, 6.07) is 0. The van der Waals surface area contributed by atoms with E-state index >= 15 is 0 Å². The Kier molecular flexibility index (Phi) is 3.27. The molecule has 0 radical (unpaired) electrons. The molecule has 16 heavy (non-hydrogen) atoms. The first-order valence-electron chi connectivity index (χ1n) is 6.82. The summed E-state index contributed by atoms with van der Waals surface area (Å²) in [5.74, 6) is 2.69. The zero-order chi connectivity index (χ0) is 11.8. The lowest BCUT2D eigenvalue weighted by atomic mass is 9.74. The standard InChI is InChI=1S/C14H26N2/c1-14(2,3)13(15)16-9-8-11-6-4-5-7-12(11)10-16/h11-12,15H,4-10H2,1-3H3. The number of nitrogens with one attached hydrogen (secondary N) is 1. The highest BCUT2D eigenvalue weighted by Gasteiger charge is 2.34. The van der Waals surface area contributed by atoms with Crippen LogP contribution in [0.5, 0.6) is 0 Å². The molecule has 1 saturated heterocycles. The minimum absolute atomic E-state index is 0.0154. The second-order valence-electron chi connectivity index (χ2n) is 6.64. The molecule has 2 heteroatoms. The highest BCUT2D eigenvalue weighted by Crippen LogP contribution is 2.37. The second kappa shape index (κ2) is 4.38. The number of nitrogens with zero attached hydrogens (tertiary/aromatic N) is 1. The lowest BCUT2D eigenvalue weighted by Gasteiger charge is -2.44. The largest absolute Gasteiger partial charge is 0.360 e. The summed E-state index contributed by atoms with van der Waals surface area (Å²) in [5, 5.41) is 8.27. The highest BCUT2D eigenvalue weighted by atomic mass is 15.2. The van der Waals surface area contributed by atoms with Gasteiger partial charge in [0.15, 0.2) is 0 Å². The normalized spacial score (nSPS) is 31.1. The van der Waals surface area contributed by atoms with E-state index in [-0.39, 0.29) is 5.41 Å². The van der Waals surface area contributed by atoms with Gasteiger partial charge in [0, 0.05) is 18.5 Å². The summed E-state index contributed by atoms with van der Waals surface area (Å²) in [5.41, 5.74) is 0.0154. The maximum atomic E-state index is 8.27. The number of rotatable bonds is 0. The molecule has 1 aliphatic heterocycles. The van der Waals surface area contributed by atoms with Crippen LogP contribution < -0.4 is 0 Å². The molecule has 0 aromatic carbocycles. The molecule has 2 nitrogen and oxygen atoms in total. The highest BCUT2D eigenvalue weighted by molar-refractivity contribution is 5.84. The molecule has 0 amide bonds. The molecule has 1 saturated carbocycles. The molecule has 1 heterocycles. The van der Waals surface area contributed by atoms with Crippen molar-refractivity contribution in [2.45, 2.75) is 52.9 Å². The van der Waals surface area contributed by atoms with E-state index in [1.807, 2.05) is 0 Å². The third-order valence-corrected chi connectivity index (χ3v) is 4.32. The van der Waals surface area contributed by atoms with E-state index in [0.29, 0.717) is 0 Å². The first-order valence-corrected chi connectivity index (χ1v) is 6.82. The number of fused-ring (bicyclic) bond motifs is 1. The van der Waals surface area contributed by atoms with Crippen LogP contribution in [0.25, 0.3) is 0 Å². The van der Waals surface area contributed by atoms with Gasteiger partial charge in [-0.1, -0.05) is 40.0 Å². The smallest absolute Gasteiger partial charge is 0.101 e. The average Bonchev–Trinajstić information content (AvgIpc) is 2.26. The second-order valence-corrected chi connectivity index (χ2v) is 6.64. The molecule has 1 N–H and O–H groups in total. The van der Waals surface area contributed by atoms with E-state index in [0.717, 1.165) is 30.8 Å². The van der Waals surface area contributed by atoms with Crippen LogP contribution in [-0.2, 0) is 0 Å². The van der Waals surface area contributed by atoms with E-state index in [9.17, 15) is 0 Å². The molecule has 2 atom stereocenters. The number of likely N-dealkylation sites (tertiary alicyclic amines) is 1. The molecule has 2 rings (SSSR count). The molecule has 2 aliphatic rings. The maximum Gasteiger partial charge on any atom is 0.101 e. The van der Waals surface area contributed by atoms with Crippen molar-refractivity contribution in [1.29, 1.82) is 5.41 Å². The predicted molar refractivity (Wildman–Crippen MR) is 68.8 cm³/mol. The van der Waals surface area contributed by atoms with Gasteiger partial charge in [-0.15, -0.1) is 0 Å². The zero-order valence-electron chi connectivity index (χ0n) is 11.1. The quantitative estimate of drug-likeness (QED) is 0.493. The minimum Gasteiger partial charge on any atom is -0.360 e. The van der Waals surface area contributed by atoms with Gasteiger partial charge in [-0.3, -0.25) is 5.41 Å². The van der Waals surface area contributed by atoms with Gasteiger partial charge in [0.1, 0.15) is 5.84 Å². The van der Waals surface area contributed by atoms with Crippen LogP contribution >= 0.6 is 0 Å². The van der Waals surface area contributed by atoms with Crippen LogP contribution in [-0.4, -0.2) is 23.8 Å². The summed E-state index contributed by atoms with van der Waals surface area (Å²) in [6.07, 6.45) is 7.03. The van der Waals surface area contributed by atoms with E-state index in [2.05, 4.69) is 25.7 Å². The molecule has 92 valence electrons. The van der Waals surface area contributed by atoms with E-state index in [1.54, 1.807) is 0 Å². The topological polar surface area (TPSA) is 27.1 Å². The van der Waals surface area contributed by atoms with Crippen molar-refractivity contribution in [3.63, 3.8) is 0 Å². The monoisotopic (exact) mass is 222 g/mol. The van der Waals surface area contributed by atoms with Gasteiger partial charge >= 0.3 is 0 Å². The Morgan fingerprint density at radius 2 is 1.69 bits per heavy atom. The Morgan fingerprint density at radius 3 is 2.31 bits per heavy atom. The Balaban J connectivity index is 1.97. The van der Waals surface area contributed by atoms with Crippen molar-refractivity contribution in [2.75, 3.05) is 13.1 Å². The molecule has 2 fully saturated rings. The number of hydrogen-bond acceptors (Lipinski definition) is 1. The third kappa shape index (κ3) is 2.41. The van der Waals surface area contributed by atoms with Crippen molar-refractivity contribution in [3.8, 4) is 0 Å². The summed E-state index contributed by atoms with van der Waals surface area (Å²) >= 11 is 0. The van der Waals surface area contributed by atoms with Crippen molar-refractivity contribution in [1.82, 2.24) is 4.90 Å². The van der Waals surface area contributed by atoms with Gasteiger partial charge in [0.2, 0.25) is 0 Å². The van der Waals surface area contributed by atoms with E-state index in [4.69, 9.17) is 5.41 Å². The van der Waals surface area contributed by atoms with Gasteiger partial charge in [-0.05, 0) is 24.7 Å². The first-order chi connectivity index (χ1) is 7.48. The Labute approximate surface area is 99.9 Å². The van der Waals surface area contributed by atoms with Crippen LogP contribution in [0.1, 0.15) is 52.9 Å². The van der Waals surface area contributed by atoms with Crippen molar-refractivity contribution in [3.05, 3.63) is 0 Å². The lowest BCUT2D eigenvalue weighted by Crippen LogP contribution is -2.48. The Hall–Kier alpha value is -0.530. The molecular formula is C14H26N2. The van der Waals surface area contributed by atoms with Crippen LogP contribution in [0.4, 0.5) is 0 Å². The molecular weight excluding hydrogens is 196 g/mol. The molecule has 0 aromatic rings. The summed E-state index contributed by atoms with van der Waals surface area (Å²) < 4.78 is 0. The number of piperidine rings is 1. The van der Waals surface area contributed by atoms with E-state index in [1.165, 1.54) is 32.1 Å². The summed E-state index contributed by atoms with van der Waals surface area (Å²) in [7, 11) is 0. The molecule has 0 spiro atoms. The van der Waals surface area contributed by atoms with Gasteiger partial charge in [-0.2, -0.15) is 0 Å². The van der Waals surface area contributed by atoms with Gasteiger partial charge in [0.25, 0.3) is 0 Å². The predicted octanol–water partition coefficient (Wildman–Crippen LogP) is 3.52. The van der Waals surface area contributed by atoms with E-state index < -0.39 is 0 Å². The SMILES string of the molecule is CC(C)(C)C(=N)N1CCC2CCCCC2C1. The first kappa shape index (κ1) is 11.9. The minimum atomic E-state index is 0.0154. The Bertz CT molecular complexity index is 264. The third-order valence-electron chi connectivity index (χ3n) is 4.32. The van der Waals surface area contributed by atoms with Crippen molar-refractivity contribution in [2.24, 2.45) is 17.3 Å². The van der Waals surface area contributed by atoms with Crippen LogP contribution in [0.3, 0.4) is 0 Å². The van der Waals surface area contributed by atoms with Crippen molar-refractivity contribution >= 4 is 5.84 Å². The van der Waals surface area contributed by atoms with Gasteiger partial charge in [-0.25, -0.2) is 0 Å². The molecule has 2 unspecified atom stereocenters. The van der Waals surface area contributed by atoms with Gasteiger partial charge in [0.05, 0.1) is 0 Å². The fourth-order valence-corrected chi connectivity index (χ4v) is 3.28. The lowest BCUT2D eigenvalue weighted by molar-refractivity contribution is 0.123. The Morgan fingerprint density at radius 1 is 1.06 bits per heavy atom. The summed E-state index contributed by atoms with van der Waals surface area (Å²) in [4.78, 5) is 2.34. The van der Waals surface area contributed by atoms with Crippen LogP contribution in [0, 0.1) is 22.7 Å². The maximum absolute atomic E-state index is 8.27. The average molecular weight is 222 g/mol. The fourth-order valence-electron chi connectivity index (χ4n) is 3.28. The number of hydrogen-bond donors (Lipinski definition) is 1. The van der Waals surface area contributed by atoms with Crippen LogP contribution in [0.15, 0.2) is 0 Å². The fraction of sp³-hybridized carbons (Fsp3) is 0.929. The number of amidine groups is 1. The summed E-state index contributed by atoms with van der Waals surface area (Å²) in [6.45, 7) is 8.74.